The van der Waals surface area contributed by atoms with Gasteiger partial charge < -0.3 is 5.11 Å². The van der Waals surface area contributed by atoms with E-state index >= 15 is 0 Å². The largest absolute Gasteiger partial charge is 0.428 e. The summed E-state index contributed by atoms with van der Waals surface area (Å²) in [5.41, 5.74) is 0. The molecule has 0 aliphatic heterocycles. The molecule has 0 aromatic heterocycles. The Kier molecular flexibility index (Phi) is 10.9. The molecule has 0 atom stereocenters. The van der Waals surface area contributed by atoms with Crippen molar-refractivity contribution >= 4 is 0 Å². The van der Waals surface area contributed by atoms with Gasteiger partial charge in [-0.05, 0) is 0 Å². The minimum absolute atomic E-state index is 0. The third kappa shape index (κ3) is 9.01. The first-order valence-electron chi connectivity index (χ1n) is 1.67. The van der Waals surface area contributed by atoms with Crippen LogP contribution in [0.1, 0.15) is 13.8 Å². The molecule has 0 saturated heterocycles. The fraction of sp³-hybridized carbons (Fsp3) is 0.750. The Bertz CT molecular complexity index is 21.5. The maximum atomic E-state index is 8.11. The molecule has 1 radical (unpaired) electrons. The number of aliphatic hydroxyl groups excluding tert-OH is 1. The first-order chi connectivity index (χ1) is 2.27. The summed E-state index contributed by atoms with van der Waals surface area (Å²) < 4.78 is 0. The Balaban J connectivity index is 0. The van der Waals surface area contributed by atoms with Gasteiger partial charge in [-0.3, -0.25) is 5.92 Å². The topological polar surface area (TPSA) is 20.2 Å². The van der Waals surface area contributed by atoms with Crippen LogP contribution in [0.5, 0.6) is 0 Å². The van der Waals surface area contributed by atoms with E-state index in [1.54, 1.807) is 0 Å². The summed E-state index contributed by atoms with van der Waals surface area (Å²) in [6, 6.07) is 0. The van der Waals surface area contributed by atoms with Gasteiger partial charge >= 0.3 is 0 Å². The second-order valence-electron chi connectivity index (χ2n) is 1.37. The molecule has 0 spiro atoms. The average Bonchev–Trinajstić information content (AvgIpc) is 1.38. The zero-order chi connectivity index (χ0) is 4.28. The van der Waals surface area contributed by atoms with Gasteiger partial charge in [0.2, 0.25) is 0 Å². The van der Waals surface area contributed by atoms with E-state index in [1.807, 2.05) is 13.8 Å². The number of aliphatic hydroxyl groups is 1. The van der Waals surface area contributed by atoms with Crippen molar-refractivity contribution < 1.29 is 46.4 Å². The molecule has 0 fully saturated rings. The van der Waals surface area contributed by atoms with Gasteiger partial charge in [-0.15, -0.1) is 0 Å². The van der Waals surface area contributed by atoms with Crippen molar-refractivity contribution in [2.45, 2.75) is 13.8 Å². The summed E-state index contributed by atoms with van der Waals surface area (Å²) in [5, 5.41) is 8.11. The van der Waals surface area contributed by atoms with Gasteiger partial charge in [-0.1, -0.05) is 6.61 Å². The van der Waals surface area contributed by atoms with Crippen molar-refractivity contribution in [3.63, 3.8) is 0 Å². The quantitative estimate of drug-likeness (QED) is 0.633. The standard InChI is InChI=1S/C4H9O.Pr/c1-4(2)3-5;/h5H,3H2,1-2H3;/q-1;. The minimum atomic E-state index is 0. The van der Waals surface area contributed by atoms with E-state index in [9.17, 15) is 0 Å². The van der Waals surface area contributed by atoms with Crippen LogP contribution in [-0.2, 0) is 0 Å². The number of hydrogen-bond acceptors (Lipinski definition) is 1. The van der Waals surface area contributed by atoms with E-state index in [0.29, 0.717) is 0 Å². The van der Waals surface area contributed by atoms with Crippen LogP contribution in [0, 0.1) is 47.2 Å². The van der Waals surface area contributed by atoms with Crippen LogP contribution in [0.2, 0.25) is 0 Å². The molecule has 0 aromatic rings. The van der Waals surface area contributed by atoms with Crippen molar-refractivity contribution in [2.24, 2.45) is 0 Å². The molecule has 0 aliphatic rings. The number of hydrogen-bond donors (Lipinski definition) is 1. The van der Waals surface area contributed by atoms with Crippen LogP contribution >= 0.6 is 0 Å². The maximum absolute atomic E-state index is 8.11. The average molecular weight is 214 g/mol. The minimum Gasteiger partial charge on any atom is -0.428 e. The summed E-state index contributed by atoms with van der Waals surface area (Å²) in [7, 11) is 0. The predicted octanol–water partition coefficient (Wildman–Crippen LogP) is 0.593. The molecule has 0 aromatic carbocycles. The molecule has 0 bridgehead atoms. The molecule has 2 heteroatoms. The first kappa shape index (κ1) is 10.3. The Labute approximate surface area is 72.1 Å². The van der Waals surface area contributed by atoms with Crippen molar-refractivity contribution in [3.05, 3.63) is 5.92 Å². The smallest absolute Gasteiger partial charge is 0 e. The van der Waals surface area contributed by atoms with E-state index in [0.717, 1.165) is 5.92 Å². The van der Waals surface area contributed by atoms with Crippen LogP contribution < -0.4 is 0 Å². The van der Waals surface area contributed by atoms with Crippen LogP contribution in [-0.4, -0.2) is 11.7 Å². The molecule has 0 saturated carbocycles. The molecule has 35 valence electrons. The second kappa shape index (κ2) is 6.32. The Morgan fingerprint density at radius 2 is 1.67 bits per heavy atom. The van der Waals surface area contributed by atoms with Gasteiger partial charge in [0.15, 0.2) is 0 Å². The van der Waals surface area contributed by atoms with Crippen molar-refractivity contribution in [3.8, 4) is 0 Å². The fourth-order valence-corrected chi connectivity index (χ4v) is 0. The summed E-state index contributed by atoms with van der Waals surface area (Å²) in [5.74, 6) is 1.06. The molecule has 0 aliphatic carbocycles. The zero-order valence-corrected chi connectivity index (χ0v) is 7.94. The van der Waals surface area contributed by atoms with E-state index in [1.165, 1.54) is 0 Å². The van der Waals surface area contributed by atoms with E-state index in [2.05, 4.69) is 0 Å². The van der Waals surface area contributed by atoms with Gasteiger partial charge in [0.05, 0.1) is 0 Å². The van der Waals surface area contributed by atoms with Gasteiger partial charge in [-0.25, -0.2) is 0 Å². The number of rotatable bonds is 1. The molecule has 0 rings (SSSR count). The van der Waals surface area contributed by atoms with Gasteiger partial charge in [0.25, 0.3) is 0 Å². The SMILES string of the molecule is C[C-](C)CO.[Pr]. The zero-order valence-electron chi connectivity index (χ0n) is 4.23. The molecule has 1 nitrogen and oxygen atoms in total. The van der Waals surface area contributed by atoms with E-state index in [-0.39, 0.29) is 47.9 Å². The summed E-state index contributed by atoms with van der Waals surface area (Å²) in [6.07, 6.45) is 0. The van der Waals surface area contributed by atoms with Crippen molar-refractivity contribution in [1.82, 2.24) is 0 Å². The Morgan fingerprint density at radius 3 is 1.67 bits per heavy atom. The fourth-order valence-electron chi connectivity index (χ4n) is 0. The van der Waals surface area contributed by atoms with Gasteiger partial charge in [0, 0.05) is 41.3 Å². The first-order valence-corrected chi connectivity index (χ1v) is 1.67. The molecular weight excluding hydrogens is 205 g/mol. The van der Waals surface area contributed by atoms with Crippen LogP contribution in [0.25, 0.3) is 0 Å². The van der Waals surface area contributed by atoms with Gasteiger partial charge in [-0.2, -0.15) is 13.8 Å². The van der Waals surface area contributed by atoms with Crippen LogP contribution in [0.3, 0.4) is 0 Å². The van der Waals surface area contributed by atoms with E-state index < -0.39 is 0 Å². The molecule has 1 N–H and O–H groups in total. The molecule has 0 heterocycles. The Hall–Kier alpha value is 1.32. The normalized spacial score (nSPS) is 8.00. The maximum Gasteiger partial charge on any atom is 0 e. The van der Waals surface area contributed by atoms with Crippen LogP contribution in [0.4, 0.5) is 0 Å². The summed E-state index contributed by atoms with van der Waals surface area (Å²) in [6.45, 7) is 4.00. The van der Waals surface area contributed by atoms with Crippen molar-refractivity contribution in [1.29, 1.82) is 0 Å². The summed E-state index contributed by atoms with van der Waals surface area (Å²) in [4.78, 5) is 0. The van der Waals surface area contributed by atoms with Crippen LogP contribution in [0.15, 0.2) is 0 Å². The third-order valence-corrected chi connectivity index (χ3v) is 0.316. The second-order valence-corrected chi connectivity index (χ2v) is 1.37. The Morgan fingerprint density at radius 1 is 1.50 bits per heavy atom. The molecule has 0 amide bonds. The van der Waals surface area contributed by atoms with Crippen molar-refractivity contribution in [2.75, 3.05) is 6.61 Å². The van der Waals surface area contributed by atoms with E-state index in [4.69, 9.17) is 5.11 Å². The third-order valence-electron chi connectivity index (χ3n) is 0.316. The monoisotopic (exact) mass is 214 g/mol. The molecule has 6 heavy (non-hydrogen) atoms. The predicted molar refractivity (Wildman–Crippen MR) is 21.7 cm³/mol. The van der Waals surface area contributed by atoms with Gasteiger partial charge in [0.1, 0.15) is 0 Å². The molecular formula is C4H9OPr-. The molecule has 0 unspecified atom stereocenters. The summed E-state index contributed by atoms with van der Waals surface area (Å²) >= 11 is 0.